The third-order valence-electron chi connectivity index (χ3n) is 5.00. The second-order valence-corrected chi connectivity index (χ2v) is 8.84. The minimum atomic E-state index is -3.51. The van der Waals surface area contributed by atoms with E-state index in [1.165, 1.54) is 16.4 Å². The normalized spacial score (nSPS) is 15.7. The van der Waals surface area contributed by atoms with Gasteiger partial charge in [0.1, 0.15) is 5.69 Å². The van der Waals surface area contributed by atoms with Gasteiger partial charge in [0, 0.05) is 31.3 Å². The number of sulfonamides is 1. The Labute approximate surface area is 168 Å². The third-order valence-corrected chi connectivity index (χ3v) is 6.91. The molecular formula is C19H22N4O5S. The molecule has 1 fully saturated rings. The van der Waals surface area contributed by atoms with E-state index >= 15 is 0 Å². The SMILES string of the molecule is Nc1ccc(C(=O)NCC2CCN(S(=O)(=O)c3ccccc3)CC2)cc1[N+](=O)[O-]. The number of nitro groups is 1. The zero-order chi connectivity index (χ0) is 21.0. The number of rotatable bonds is 6. The average Bonchev–Trinajstić information content (AvgIpc) is 2.73. The Kier molecular flexibility index (Phi) is 6.14. The van der Waals surface area contributed by atoms with Crippen LogP contribution in [0.1, 0.15) is 23.2 Å². The van der Waals surface area contributed by atoms with Crippen LogP contribution in [0.5, 0.6) is 0 Å². The van der Waals surface area contributed by atoms with Gasteiger partial charge in [0.15, 0.2) is 0 Å². The quantitative estimate of drug-likeness (QED) is 0.418. The highest BCUT2D eigenvalue weighted by atomic mass is 32.2. The fourth-order valence-corrected chi connectivity index (χ4v) is 4.77. The maximum absolute atomic E-state index is 12.7. The number of carbonyl (C=O) groups excluding carboxylic acids is 1. The highest BCUT2D eigenvalue weighted by Gasteiger charge is 2.29. The molecule has 1 aliphatic heterocycles. The van der Waals surface area contributed by atoms with Gasteiger partial charge < -0.3 is 11.1 Å². The van der Waals surface area contributed by atoms with Crippen LogP contribution in [-0.4, -0.2) is 43.2 Å². The topological polar surface area (TPSA) is 136 Å². The van der Waals surface area contributed by atoms with Gasteiger partial charge in [-0.3, -0.25) is 14.9 Å². The van der Waals surface area contributed by atoms with Crippen molar-refractivity contribution >= 4 is 27.3 Å². The molecular weight excluding hydrogens is 396 g/mol. The summed E-state index contributed by atoms with van der Waals surface area (Å²) in [5.41, 5.74) is 5.40. The van der Waals surface area contributed by atoms with Crippen LogP contribution in [0.15, 0.2) is 53.4 Å². The number of piperidine rings is 1. The molecule has 0 spiro atoms. The standard InChI is InChI=1S/C19H22N4O5S/c20-17-7-6-15(12-18(17)23(25)26)19(24)21-13-14-8-10-22(11-9-14)29(27,28)16-4-2-1-3-5-16/h1-7,12,14H,8-11,13,20H2,(H,21,24). The van der Waals surface area contributed by atoms with E-state index in [4.69, 9.17) is 5.73 Å². The molecule has 29 heavy (non-hydrogen) atoms. The molecule has 1 aliphatic rings. The van der Waals surface area contributed by atoms with Gasteiger partial charge in [0.25, 0.3) is 11.6 Å². The number of hydrogen-bond acceptors (Lipinski definition) is 6. The number of carbonyl (C=O) groups is 1. The van der Waals surface area contributed by atoms with Crippen molar-refractivity contribution in [3.05, 3.63) is 64.2 Å². The zero-order valence-corrected chi connectivity index (χ0v) is 16.5. The van der Waals surface area contributed by atoms with Crippen LogP contribution < -0.4 is 11.1 Å². The van der Waals surface area contributed by atoms with Gasteiger partial charge in [-0.15, -0.1) is 0 Å². The first kappa shape index (κ1) is 20.7. The van der Waals surface area contributed by atoms with Crippen LogP contribution in [0.4, 0.5) is 11.4 Å². The highest BCUT2D eigenvalue weighted by molar-refractivity contribution is 7.89. The lowest BCUT2D eigenvalue weighted by Crippen LogP contribution is -2.41. The Balaban J connectivity index is 1.55. The molecule has 154 valence electrons. The van der Waals surface area contributed by atoms with Crippen molar-refractivity contribution in [2.45, 2.75) is 17.7 Å². The van der Waals surface area contributed by atoms with Crippen LogP contribution in [-0.2, 0) is 10.0 Å². The first-order chi connectivity index (χ1) is 13.8. The van der Waals surface area contributed by atoms with Crippen molar-refractivity contribution in [1.29, 1.82) is 0 Å². The van der Waals surface area contributed by atoms with Crippen LogP contribution in [0.2, 0.25) is 0 Å². The maximum atomic E-state index is 12.7. The fraction of sp³-hybridized carbons (Fsp3) is 0.316. The Morgan fingerprint density at radius 2 is 1.83 bits per heavy atom. The summed E-state index contributed by atoms with van der Waals surface area (Å²) in [7, 11) is -3.51. The van der Waals surface area contributed by atoms with E-state index in [9.17, 15) is 23.3 Å². The number of nitrogens with one attached hydrogen (secondary N) is 1. The number of nitrogens with two attached hydrogens (primary N) is 1. The molecule has 0 aromatic heterocycles. The highest BCUT2D eigenvalue weighted by Crippen LogP contribution is 2.24. The second-order valence-electron chi connectivity index (χ2n) is 6.90. The van der Waals surface area contributed by atoms with Crippen LogP contribution in [0.25, 0.3) is 0 Å². The summed E-state index contributed by atoms with van der Waals surface area (Å²) in [5.74, 6) is -0.294. The molecule has 1 amide bonds. The first-order valence-electron chi connectivity index (χ1n) is 9.16. The molecule has 1 heterocycles. The Morgan fingerprint density at radius 1 is 1.17 bits per heavy atom. The van der Waals surface area contributed by atoms with E-state index in [2.05, 4.69) is 5.32 Å². The van der Waals surface area contributed by atoms with E-state index in [0.717, 1.165) is 6.07 Å². The summed E-state index contributed by atoms with van der Waals surface area (Å²) in [6, 6.07) is 12.2. The van der Waals surface area contributed by atoms with Gasteiger partial charge in [-0.1, -0.05) is 18.2 Å². The lowest BCUT2D eigenvalue weighted by Gasteiger charge is -2.31. The molecule has 0 bridgehead atoms. The predicted octanol–water partition coefficient (Wildman–Crippen LogP) is 2.01. The van der Waals surface area contributed by atoms with Gasteiger partial charge in [-0.2, -0.15) is 4.31 Å². The molecule has 0 aliphatic carbocycles. The van der Waals surface area contributed by atoms with E-state index in [1.807, 2.05) is 0 Å². The van der Waals surface area contributed by atoms with Gasteiger partial charge >= 0.3 is 0 Å². The monoisotopic (exact) mass is 418 g/mol. The largest absolute Gasteiger partial charge is 0.393 e. The summed E-state index contributed by atoms with van der Waals surface area (Å²) in [6.45, 7) is 1.13. The summed E-state index contributed by atoms with van der Waals surface area (Å²) >= 11 is 0. The van der Waals surface area contributed by atoms with Crippen LogP contribution >= 0.6 is 0 Å². The fourth-order valence-electron chi connectivity index (χ4n) is 3.28. The summed E-state index contributed by atoms with van der Waals surface area (Å²) in [4.78, 5) is 22.9. The minimum absolute atomic E-state index is 0.00135. The van der Waals surface area contributed by atoms with E-state index in [1.54, 1.807) is 30.3 Å². The number of nitro benzene ring substituents is 1. The second kappa shape index (κ2) is 8.58. The van der Waals surface area contributed by atoms with Crippen LogP contribution in [0.3, 0.4) is 0 Å². The molecule has 0 radical (unpaired) electrons. The predicted molar refractivity (Wildman–Crippen MR) is 108 cm³/mol. The molecule has 3 N–H and O–H groups in total. The van der Waals surface area contributed by atoms with Gasteiger partial charge in [0.2, 0.25) is 10.0 Å². The maximum Gasteiger partial charge on any atom is 0.292 e. The van der Waals surface area contributed by atoms with E-state index < -0.39 is 20.9 Å². The number of anilines is 1. The third kappa shape index (κ3) is 4.72. The lowest BCUT2D eigenvalue weighted by molar-refractivity contribution is -0.383. The number of nitrogens with zero attached hydrogens (tertiary/aromatic N) is 2. The van der Waals surface area contributed by atoms with Crippen molar-refractivity contribution in [3.8, 4) is 0 Å². The smallest absolute Gasteiger partial charge is 0.292 e. The van der Waals surface area contributed by atoms with Gasteiger partial charge in [-0.25, -0.2) is 8.42 Å². The number of nitrogen functional groups attached to an aromatic ring is 1. The van der Waals surface area contributed by atoms with Crippen LogP contribution in [0, 0.1) is 16.0 Å². The molecule has 0 unspecified atom stereocenters. The first-order valence-corrected chi connectivity index (χ1v) is 10.6. The van der Waals surface area contributed by atoms with Gasteiger partial charge in [-0.05, 0) is 43.0 Å². The lowest BCUT2D eigenvalue weighted by atomic mass is 9.98. The van der Waals surface area contributed by atoms with Crippen molar-refractivity contribution in [2.75, 3.05) is 25.4 Å². The minimum Gasteiger partial charge on any atom is -0.393 e. The summed E-state index contributed by atoms with van der Waals surface area (Å²) < 4.78 is 26.8. The Bertz CT molecular complexity index is 1000. The molecule has 9 nitrogen and oxygen atoms in total. The molecule has 10 heteroatoms. The molecule has 3 rings (SSSR count). The van der Waals surface area contributed by atoms with Crippen molar-refractivity contribution in [3.63, 3.8) is 0 Å². The van der Waals surface area contributed by atoms with E-state index in [0.29, 0.717) is 32.5 Å². The number of amides is 1. The average molecular weight is 418 g/mol. The number of benzene rings is 2. The molecule has 1 saturated heterocycles. The number of hydrogen-bond donors (Lipinski definition) is 2. The molecule has 2 aromatic rings. The van der Waals surface area contributed by atoms with Crippen molar-refractivity contribution < 1.29 is 18.1 Å². The Morgan fingerprint density at radius 3 is 2.45 bits per heavy atom. The summed E-state index contributed by atoms with van der Waals surface area (Å²) in [5, 5.41) is 13.7. The van der Waals surface area contributed by atoms with Gasteiger partial charge in [0.05, 0.1) is 9.82 Å². The Hall–Kier alpha value is -2.98. The zero-order valence-electron chi connectivity index (χ0n) is 15.7. The van der Waals surface area contributed by atoms with Crippen molar-refractivity contribution in [1.82, 2.24) is 9.62 Å². The molecule has 2 aromatic carbocycles. The van der Waals surface area contributed by atoms with E-state index in [-0.39, 0.29) is 27.8 Å². The summed E-state index contributed by atoms with van der Waals surface area (Å²) in [6.07, 6.45) is 1.24. The van der Waals surface area contributed by atoms with Crippen molar-refractivity contribution in [2.24, 2.45) is 5.92 Å². The molecule has 0 atom stereocenters. The molecule has 0 saturated carbocycles.